The third-order valence-corrected chi connectivity index (χ3v) is 2.63. The molecule has 19 heavy (non-hydrogen) atoms. The number of hydrogen-bond acceptors (Lipinski definition) is 5. The first kappa shape index (κ1) is 13.0. The molecule has 2 aromatic rings. The molecular formula is C12H15N5O2. The average Bonchev–Trinajstić information content (AvgIpc) is 2.74. The minimum Gasteiger partial charge on any atom is -0.477 e. The van der Waals surface area contributed by atoms with Crippen molar-refractivity contribution in [1.29, 1.82) is 0 Å². The lowest BCUT2D eigenvalue weighted by Crippen LogP contribution is -2.13. The van der Waals surface area contributed by atoms with E-state index in [1.54, 1.807) is 13.1 Å². The van der Waals surface area contributed by atoms with Gasteiger partial charge in [-0.2, -0.15) is 0 Å². The summed E-state index contributed by atoms with van der Waals surface area (Å²) in [6.45, 7) is 2.32. The van der Waals surface area contributed by atoms with Gasteiger partial charge in [-0.1, -0.05) is 0 Å². The average molecular weight is 261 g/mol. The third-order valence-electron chi connectivity index (χ3n) is 2.63. The van der Waals surface area contributed by atoms with Crippen LogP contribution >= 0.6 is 0 Å². The van der Waals surface area contributed by atoms with Crippen molar-refractivity contribution in [1.82, 2.24) is 19.5 Å². The van der Waals surface area contributed by atoms with Gasteiger partial charge in [0.15, 0.2) is 5.69 Å². The molecule has 0 aromatic carbocycles. The molecule has 0 aliphatic carbocycles. The Morgan fingerprint density at radius 3 is 2.89 bits per heavy atom. The number of imidazole rings is 1. The van der Waals surface area contributed by atoms with Gasteiger partial charge in [-0.05, 0) is 13.0 Å². The SMILES string of the molecule is Cc1cc(C(=O)O)nc(NCCc2nccn2C)n1. The van der Waals surface area contributed by atoms with E-state index < -0.39 is 5.97 Å². The molecule has 2 rings (SSSR count). The Labute approximate surface area is 110 Å². The van der Waals surface area contributed by atoms with E-state index >= 15 is 0 Å². The number of nitrogens with zero attached hydrogens (tertiary/aromatic N) is 4. The molecule has 0 aliphatic heterocycles. The fraction of sp³-hybridized carbons (Fsp3) is 0.333. The summed E-state index contributed by atoms with van der Waals surface area (Å²) in [4.78, 5) is 23.1. The van der Waals surface area contributed by atoms with Gasteiger partial charge < -0.3 is 15.0 Å². The van der Waals surface area contributed by atoms with Crippen LogP contribution in [0.4, 0.5) is 5.95 Å². The van der Waals surface area contributed by atoms with E-state index in [1.807, 2.05) is 17.8 Å². The van der Waals surface area contributed by atoms with Crippen molar-refractivity contribution in [2.24, 2.45) is 7.05 Å². The number of anilines is 1. The van der Waals surface area contributed by atoms with E-state index in [0.29, 0.717) is 24.6 Å². The minimum atomic E-state index is -1.06. The fourth-order valence-corrected chi connectivity index (χ4v) is 1.68. The second-order valence-electron chi connectivity index (χ2n) is 4.15. The van der Waals surface area contributed by atoms with E-state index in [4.69, 9.17) is 5.11 Å². The van der Waals surface area contributed by atoms with Crippen LogP contribution in [-0.4, -0.2) is 37.1 Å². The first-order valence-corrected chi connectivity index (χ1v) is 5.85. The van der Waals surface area contributed by atoms with Crippen molar-refractivity contribution in [2.45, 2.75) is 13.3 Å². The quantitative estimate of drug-likeness (QED) is 0.829. The highest BCUT2D eigenvalue weighted by Crippen LogP contribution is 2.05. The molecule has 2 heterocycles. The molecule has 0 radical (unpaired) electrons. The van der Waals surface area contributed by atoms with Gasteiger partial charge in [0.1, 0.15) is 5.82 Å². The maximum absolute atomic E-state index is 10.9. The minimum absolute atomic E-state index is 0.00742. The van der Waals surface area contributed by atoms with E-state index in [-0.39, 0.29) is 5.69 Å². The van der Waals surface area contributed by atoms with E-state index in [1.165, 1.54) is 6.07 Å². The summed E-state index contributed by atoms with van der Waals surface area (Å²) in [6.07, 6.45) is 4.32. The van der Waals surface area contributed by atoms with E-state index in [0.717, 1.165) is 5.82 Å². The number of aromatic nitrogens is 4. The van der Waals surface area contributed by atoms with Crippen LogP contribution in [0.5, 0.6) is 0 Å². The number of aryl methyl sites for hydroxylation is 2. The highest BCUT2D eigenvalue weighted by molar-refractivity contribution is 5.85. The molecule has 0 bridgehead atoms. The summed E-state index contributed by atoms with van der Waals surface area (Å²) in [7, 11) is 1.92. The molecule has 7 heteroatoms. The van der Waals surface area contributed by atoms with Crippen LogP contribution in [0.3, 0.4) is 0 Å². The molecule has 2 aromatic heterocycles. The lowest BCUT2D eigenvalue weighted by Gasteiger charge is -2.06. The van der Waals surface area contributed by atoms with E-state index in [9.17, 15) is 4.79 Å². The molecule has 0 spiro atoms. The van der Waals surface area contributed by atoms with Gasteiger partial charge in [0, 0.05) is 38.1 Å². The Hall–Kier alpha value is -2.44. The molecule has 100 valence electrons. The van der Waals surface area contributed by atoms with Crippen molar-refractivity contribution in [3.63, 3.8) is 0 Å². The molecule has 7 nitrogen and oxygen atoms in total. The van der Waals surface area contributed by atoms with Crippen molar-refractivity contribution in [3.8, 4) is 0 Å². The maximum atomic E-state index is 10.9. The molecule has 0 unspecified atom stereocenters. The van der Waals surface area contributed by atoms with Crippen LogP contribution in [0.15, 0.2) is 18.5 Å². The van der Waals surface area contributed by atoms with Crippen molar-refractivity contribution in [3.05, 3.63) is 35.7 Å². The van der Waals surface area contributed by atoms with Gasteiger partial charge in [0.05, 0.1) is 0 Å². The largest absolute Gasteiger partial charge is 0.477 e. The predicted molar refractivity (Wildman–Crippen MR) is 69.1 cm³/mol. The predicted octanol–water partition coefficient (Wildman–Crippen LogP) is 0.871. The van der Waals surface area contributed by atoms with Crippen molar-refractivity contribution < 1.29 is 9.90 Å². The summed E-state index contributed by atoms with van der Waals surface area (Å²) < 4.78 is 1.93. The van der Waals surface area contributed by atoms with Gasteiger partial charge in [0.25, 0.3) is 0 Å². The number of nitrogens with one attached hydrogen (secondary N) is 1. The Bertz CT molecular complexity index is 594. The van der Waals surface area contributed by atoms with Crippen LogP contribution in [0, 0.1) is 6.92 Å². The highest BCUT2D eigenvalue weighted by atomic mass is 16.4. The van der Waals surface area contributed by atoms with Crippen molar-refractivity contribution in [2.75, 3.05) is 11.9 Å². The smallest absolute Gasteiger partial charge is 0.354 e. The van der Waals surface area contributed by atoms with Crippen molar-refractivity contribution >= 4 is 11.9 Å². The van der Waals surface area contributed by atoms with Crippen LogP contribution in [0.1, 0.15) is 22.0 Å². The van der Waals surface area contributed by atoms with Gasteiger partial charge in [-0.15, -0.1) is 0 Å². The Balaban J connectivity index is 2.00. The molecule has 2 N–H and O–H groups in total. The second kappa shape index (κ2) is 5.47. The van der Waals surface area contributed by atoms with Crippen LogP contribution in [-0.2, 0) is 13.5 Å². The number of carbonyl (C=O) groups is 1. The van der Waals surface area contributed by atoms with Crippen LogP contribution in [0.2, 0.25) is 0 Å². The maximum Gasteiger partial charge on any atom is 0.354 e. The normalized spacial score (nSPS) is 10.4. The Morgan fingerprint density at radius 1 is 1.47 bits per heavy atom. The molecule has 0 fully saturated rings. The summed E-state index contributed by atoms with van der Waals surface area (Å²) in [5.41, 5.74) is 0.610. The second-order valence-corrected chi connectivity index (χ2v) is 4.15. The molecular weight excluding hydrogens is 246 g/mol. The standard InChI is InChI=1S/C12H15N5O2/c1-8-7-9(11(18)19)16-12(15-8)14-4-3-10-13-5-6-17(10)2/h5-7H,3-4H2,1-2H3,(H,18,19)(H,14,15,16). The summed E-state index contributed by atoms with van der Waals surface area (Å²) in [6, 6.07) is 1.44. The Kier molecular flexibility index (Phi) is 3.74. The zero-order valence-electron chi connectivity index (χ0n) is 10.8. The first-order chi connectivity index (χ1) is 9.06. The summed E-state index contributed by atoms with van der Waals surface area (Å²) in [5.74, 6) is 0.211. The monoisotopic (exact) mass is 261 g/mol. The Morgan fingerprint density at radius 2 is 2.26 bits per heavy atom. The molecule has 0 amide bonds. The topological polar surface area (TPSA) is 92.9 Å². The first-order valence-electron chi connectivity index (χ1n) is 5.85. The number of aromatic carboxylic acids is 1. The van der Waals surface area contributed by atoms with E-state index in [2.05, 4.69) is 20.3 Å². The molecule has 0 saturated heterocycles. The molecule has 0 atom stereocenters. The third kappa shape index (κ3) is 3.27. The van der Waals surface area contributed by atoms with Gasteiger partial charge in [-0.25, -0.2) is 19.7 Å². The molecule has 0 saturated carbocycles. The van der Waals surface area contributed by atoms with Gasteiger partial charge in [-0.3, -0.25) is 0 Å². The molecule has 0 aliphatic rings. The number of carboxylic acid groups (broad SMARTS) is 1. The van der Waals surface area contributed by atoms with Gasteiger partial charge in [0.2, 0.25) is 5.95 Å². The summed E-state index contributed by atoms with van der Waals surface area (Å²) in [5, 5.41) is 11.9. The fourth-order valence-electron chi connectivity index (χ4n) is 1.68. The lowest BCUT2D eigenvalue weighted by atomic mass is 10.3. The zero-order chi connectivity index (χ0) is 13.8. The zero-order valence-corrected chi connectivity index (χ0v) is 10.8. The van der Waals surface area contributed by atoms with Gasteiger partial charge >= 0.3 is 5.97 Å². The number of hydrogen-bond donors (Lipinski definition) is 2. The number of rotatable bonds is 5. The highest BCUT2D eigenvalue weighted by Gasteiger charge is 2.08. The van der Waals surface area contributed by atoms with Crippen LogP contribution in [0.25, 0.3) is 0 Å². The van der Waals surface area contributed by atoms with Crippen LogP contribution < -0.4 is 5.32 Å². The summed E-state index contributed by atoms with van der Waals surface area (Å²) >= 11 is 0. The lowest BCUT2D eigenvalue weighted by molar-refractivity contribution is 0.0690. The number of carboxylic acids is 1.